The lowest BCUT2D eigenvalue weighted by Crippen LogP contribution is -2.87. The Labute approximate surface area is 382 Å². The highest BCUT2D eigenvalue weighted by molar-refractivity contribution is 6.14. The molecule has 1 spiro atoms. The highest BCUT2D eigenvalue weighted by atomic mass is 16.3. The van der Waals surface area contributed by atoms with E-state index >= 15 is 0 Å². The van der Waals surface area contributed by atoms with Gasteiger partial charge in [-0.25, -0.2) is 15.0 Å². The summed E-state index contributed by atoms with van der Waals surface area (Å²) >= 11 is 0. The molecule has 4 aliphatic carbocycles. The summed E-state index contributed by atoms with van der Waals surface area (Å²) in [6, 6.07) is 67.4. The van der Waals surface area contributed by atoms with E-state index in [1.54, 1.807) is 5.56 Å². The summed E-state index contributed by atoms with van der Waals surface area (Å²) in [6.07, 6.45) is 4.41. The molecule has 3 heterocycles. The van der Waals surface area contributed by atoms with E-state index in [0.717, 1.165) is 84.5 Å². The Bertz CT molecular complexity index is 3720. The van der Waals surface area contributed by atoms with Crippen molar-refractivity contribution in [3.8, 4) is 62.1 Å². The maximum absolute atomic E-state index is 6.56. The Hall–Kier alpha value is -7.63. The lowest BCUT2D eigenvalue weighted by Gasteiger charge is -2.93. The van der Waals surface area contributed by atoms with Crippen LogP contribution in [0.25, 0.3) is 106 Å². The minimum Gasteiger partial charge on any atom is -0.456 e. The summed E-state index contributed by atoms with van der Waals surface area (Å²) in [5, 5.41) is 4.47. The number of hydrogen-bond donors (Lipinski definition) is 0. The Morgan fingerprint density at radius 1 is 0.485 bits per heavy atom. The fraction of sp³-hybridized carbons (Fsp3) is 0.164. The molecule has 4 fully saturated rings. The fourth-order valence-electron chi connectivity index (χ4n) is 14.3. The van der Waals surface area contributed by atoms with Gasteiger partial charge in [0.15, 0.2) is 17.5 Å². The van der Waals surface area contributed by atoms with Crippen LogP contribution in [0.2, 0.25) is 0 Å². The molecule has 0 amide bonds. The van der Waals surface area contributed by atoms with Crippen molar-refractivity contribution in [2.24, 2.45) is 28.6 Å². The Balaban J connectivity index is 0.851. The normalized spacial score (nSPS) is 23.5. The number of rotatable bonds is 7. The van der Waals surface area contributed by atoms with Gasteiger partial charge in [0.25, 0.3) is 0 Å². The summed E-state index contributed by atoms with van der Waals surface area (Å²) in [5.74, 6) is 5.59. The quantitative estimate of drug-likeness (QED) is 0.160. The van der Waals surface area contributed by atoms with E-state index in [1.807, 2.05) is 72.8 Å². The predicted molar refractivity (Wildman–Crippen MR) is 266 cm³/mol. The topological polar surface area (TPSA) is 56.7 Å². The Kier molecular flexibility index (Phi) is 7.35. The molecule has 0 aliphatic heterocycles. The number of fused-ring (bicyclic) bond motifs is 6. The number of benzene rings is 8. The van der Waals surface area contributed by atoms with Gasteiger partial charge in [0.2, 0.25) is 0 Å². The summed E-state index contributed by atoms with van der Waals surface area (Å²) in [6.45, 7) is 2.61. The number of hydrogen-bond acceptors (Lipinski definition) is 4. The zero-order chi connectivity index (χ0) is 43.3. The van der Waals surface area contributed by atoms with E-state index in [0.29, 0.717) is 22.9 Å². The SMILES string of the molecule is C[C@]12C[C@@H]3CC4CC(C1c1ccc(-c5ccc6c(c5)c5cc(-c7ccc8oc9cccc(-c%10nc(-c%11ccccc%11)nc(-c%11ccccc%11)n%10)c9c8c7)ccc5n6-c5ccccc5)cc1)C432. The van der Waals surface area contributed by atoms with E-state index in [4.69, 9.17) is 19.4 Å². The third kappa shape index (κ3) is 4.82. The van der Waals surface area contributed by atoms with Gasteiger partial charge in [-0.05, 0) is 136 Å². The minimum absolute atomic E-state index is 0.533. The number of aromatic nitrogens is 4. The van der Waals surface area contributed by atoms with Gasteiger partial charge in [0, 0.05) is 43.9 Å². The summed E-state index contributed by atoms with van der Waals surface area (Å²) in [4.78, 5) is 15.2. The molecule has 0 N–H and O–H groups in total. The number of furan rings is 1. The molecule has 0 radical (unpaired) electrons. The van der Waals surface area contributed by atoms with Crippen LogP contribution >= 0.6 is 0 Å². The van der Waals surface area contributed by atoms with Gasteiger partial charge in [-0.2, -0.15) is 0 Å². The molecular formula is C61H44N4O. The van der Waals surface area contributed by atoms with Gasteiger partial charge in [0.05, 0.1) is 11.0 Å². The average molecular weight is 849 g/mol. The van der Waals surface area contributed by atoms with Gasteiger partial charge in [-0.3, -0.25) is 0 Å². The Morgan fingerprint density at radius 3 is 1.68 bits per heavy atom. The van der Waals surface area contributed by atoms with Crippen LogP contribution in [-0.4, -0.2) is 19.5 Å². The first-order valence-electron chi connectivity index (χ1n) is 23.6. The molecule has 4 saturated carbocycles. The molecule has 4 unspecified atom stereocenters. The van der Waals surface area contributed by atoms with Gasteiger partial charge in [-0.15, -0.1) is 0 Å². The van der Waals surface area contributed by atoms with Crippen molar-refractivity contribution in [3.63, 3.8) is 0 Å². The largest absolute Gasteiger partial charge is 0.456 e. The van der Waals surface area contributed by atoms with Crippen LogP contribution in [-0.2, 0) is 0 Å². The Morgan fingerprint density at radius 2 is 1.06 bits per heavy atom. The predicted octanol–water partition coefficient (Wildman–Crippen LogP) is 15.4. The van der Waals surface area contributed by atoms with Crippen molar-refractivity contribution in [1.82, 2.24) is 19.5 Å². The van der Waals surface area contributed by atoms with Crippen LogP contribution < -0.4 is 0 Å². The highest BCUT2D eigenvalue weighted by Gasteiger charge is 2.89. The molecule has 5 heteroatoms. The van der Waals surface area contributed by atoms with Crippen molar-refractivity contribution in [3.05, 3.63) is 194 Å². The average Bonchev–Trinajstić information content (AvgIpc) is 3.90. The molecule has 0 saturated heterocycles. The maximum atomic E-state index is 6.56. The highest BCUT2D eigenvalue weighted by Crippen LogP contribution is 2.96. The first kappa shape index (κ1) is 36.7. The van der Waals surface area contributed by atoms with E-state index in [1.165, 1.54) is 52.2 Å². The van der Waals surface area contributed by atoms with Crippen LogP contribution in [0.15, 0.2) is 192 Å². The van der Waals surface area contributed by atoms with Gasteiger partial charge < -0.3 is 8.98 Å². The van der Waals surface area contributed by atoms with Crippen molar-refractivity contribution in [2.75, 3.05) is 0 Å². The zero-order valence-electron chi connectivity index (χ0n) is 36.5. The van der Waals surface area contributed by atoms with Crippen molar-refractivity contribution in [2.45, 2.75) is 32.1 Å². The van der Waals surface area contributed by atoms with Crippen LogP contribution in [0.4, 0.5) is 0 Å². The van der Waals surface area contributed by atoms with Crippen molar-refractivity contribution >= 4 is 43.7 Å². The lowest BCUT2D eigenvalue weighted by atomic mass is 9.10. The van der Waals surface area contributed by atoms with Crippen LogP contribution in [0.5, 0.6) is 0 Å². The third-order valence-corrected chi connectivity index (χ3v) is 17.0. The monoisotopic (exact) mass is 848 g/mol. The first-order chi connectivity index (χ1) is 32.5. The molecule has 5 nitrogen and oxygen atoms in total. The second-order valence-electron chi connectivity index (χ2n) is 19.8. The molecule has 4 aliphatic rings. The second-order valence-corrected chi connectivity index (χ2v) is 19.8. The molecule has 15 rings (SSSR count). The third-order valence-electron chi connectivity index (χ3n) is 17.0. The van der Waals surface area contributed by atoms with E-state index < -0.39 is 0 Å². The molecule has 3 aromatic heterocycles. The van der Waals surface area contributed by atoms with Gasteiger partial charge in [0.1, 0.15) is 11.2 Å². The summed E-state index contributed by atoms with van der Waals surface area (Å²) < 4.78 is 8.97. The summed E-state index contributed by atoms with van der Waals surface area (Å²) in [7, 11) is 0. The number of para-hydroxylation sites is 1. The van der Waals surface area contributed by atoms with E-state index in [-0.39, 0.29) is 0 Å². The second kappa shape index (κ2) is 13.2. The minimum atomic E-state index is 0.533. The molecule has 11 aromatic rings. The van der Waals surface area contributed by atoms with Crippen molar-refractivity contribution < 1.29 is 4.42 Å². The van der Waals surface area contributed by atoms with E-state index in [9.17, 15) is 0 Å². The summed E-state index contributed by atoms with van der Waals surface area (Å²) in [5.41, 5.74) is 15.5. The molecule has 66 heavy (non-hydrogen) atoms. The molecule has 0 bridgehead atoms. The smallest absolute Gasteiger partial charge is 0.164 e. The van der Waals surface area contributed by atoms with Gasteiger partial charge >= 0.3 is 0 Å². The molecular weight excluding hydrogens is 805 g/mol. The molecule has 8 aromatic carbocycles. The fourth-order valence-corrected chi connectivity index (χ4v) is 14.3. The van der Waals surface area contributed by atoms with Crippen molar-refractivity contribution in [1.29, 1.82) is 0 Å². The number of nitrogens with zero attached hydrogens (tertiary/aromatic N) is 4. The van der Waals surface area contributed by atoms with Crippen LogP contribution in [0, 0.1) is 28.6 Å². The first-order valence-corrected chi connectivity index (χ1v) is 23.6. The van der Waals surface area contributed by atoms with Gasteiger partial charge in [-0.1, -0.05) is 140 Å². The lowest BCUT2D eigenvalue weighted by molar-refractivity contribution is -0.439. The molecule has 6 atom stereocenters. The van der Waals surface area contributed by atoms with Crippen LogP contribution in [0.3, 0.4) is 0 Å². The van der Waals surface area contributed by atoms with E-state index in [2.05, 4.69) is 127 Å². The zero-order valence-corrected chi connectivity index (χ0v) is 36.5. The maximum Gasteiger partial charge on any atom is 0.164 e. The standard InChI is InChI=1S/C61H44N4O/c1-60-35-44-33-43-34-50(61(43,44)60)56(60)37-22-20-36(21-23-37)40-24-27-51-47(30-40)48-31-41(25-28-52(48)65(51)45-16-9-4-10-17-45)42-26-29-53-49(32-42)55-46(18-11-19-54(55)66-53)59-63-57(38-12-5-2-6-13-38)62-58(64-59)39-14-7-3-8-15-39/h2-32,43-44,50,56H,33-35H2,1H3/t43?,44-,50?,56?,60-,61?/m0/s1. The molecule has 314 valence electrons. The van der Waals surface area contributed by atoms with Crippen LogP contribution in [0.1, 0.15) is 37.7 Å².